The first kappa shape index (κ1) is 26.3. The van der Waals surface area contributed by atoms with Crippen LogP contribution in [0, 0.1) is 24.5 Å². The number of hydrogen-bond acceptors (Lipinski definition) is 6. The van der Waals surface area contributed by atoms with E-state index in [4.69, 9.17) is 20.9 Å². The molecule has 0 spiro atoms. The average Bonchev–Trinajstić information content (AvgIpc) is 3.28. The second-order valence-corrected chi connectivity index (χ2v) is 11.4. The van der Waals surface area contributed by atoms with Crippen molar-refractivity contribution in [2.45, 2.75) is 24.7 Å². The number of fused-ring (bicyclic) bond motifs is 1. The smallest absolute Gasteiger partial charge is 0.248 e. The fourth-order valence-corrected chi connectivity index (χ4v) is 6.60. The number of carbonyl (C=O) groups is 1. The van der Waals surface area contributed by atoms with Gasteiger partial charge in [-0.2, -0.15) is 4.31 Å². The highest BCUT2D eigenvalue weighted by molar-refractivity contribution is 7.89. The van der Waals surface area contributed by atoms with E-state index in [9.17, 15) is 22.0 Å². The molecule has 2 aromatic carbocycles. The van der Waals surface area contributed by atoms with Crippen LogP contribution < -0.4 is 9.64 Å². The van der Waals surface area contributed by atoms with Crippen LogP contribution in [-0.2, 0) is 14.8 Å². The third kappa shape index (κ3) is 5.05. The fraction of sp³-hybridized carbons (Fsp3) is 0.308. The average molecular weight is 564 g/mol. The van der Waals surface area contributed by atoms with Crippen LogP contribution in [0.5, 0.6) is 5.75 Å². The van der Waals surface area contributed by atoms with Gasteiger partial charge in [-0.05, 0) is 62.2 Å². The maximum absolute atomic E-state index is 14.0. The molecule has 0 N–H and O–H groups in total. The largest absolute Gasteiger partial charge is 0.490 e. The number of aromatic nitrogens is 1. The van der Waals surface area contributed by atoms with E-state index in [1.54, 1.807) is 23.1 Å². The van der Waals surface area contributed by atoms with Gasteiger partial charge in [0.25, 0.3) is 0 Å². The van der Waals surface area contributed by atoms with Gasteiger partial charge >= 0.3 is 0 Å². The zero-order valence-corrected chi connectivity index (χ0v) is 21.9. The van der Waals surface area contributed by atoms with Gasteiger partial charge in [-0.3, -0.25) is 4.79 Å². The topological polar surface area (TPSA) is 93.0 Å². The van der Waals surface area contributed by atoms with E-state index >= 15 is 0 Å². The van der Waals surface area contributed by atoms with Crippen molar-refractivity contribution in [1.82, 2.24) is 9.46 Å². The summed E-state index contributed by atoms with van der Waals surface area (Å²) in [6, 6.07) is 8.18. The van der Waals surface area contributed by atoms with Crippen molar-refractivity contribution in [3.05, 3.63) is 70.1 Å². The van der Waals surface area contributed by atoms with Crippen LogP contribution in [0.3, 0.4) is 0 Å². The number of carbonyl (C=O) groups excluding carboxylic acids is 1. The number of piperidine rings is 1. The molecule has 0 aliphatic carbocycles. The molecule has 2 aliphatic rings. The maximum atomic E-state index is 14.0. The molecule has 38 heavy (non-hydrogen) atoms. The van der Waals surface area contributed by atoms with Gasteiger partial charge in [0.1, 0.15) is 29.7 Å². The Labute approximate surface area is 223 Å². The van der Waals surface area contributed by atoms with Crippen molar-refractivity contribution >= 4 is 45.4 Å². The van der Waals surface area contributed by atoms with E-state index in [-0.39, 0.29) is 46.8 Å². The SMILES string of the molecule is Cc1noc(/C=C/c2ccc(F)cc2F)c1S(=O)(=O)N1CCC(C(=O)N2CCOc3ccc(Cl)cc32)CC1. The predicted octanol–water partition coefficient (Wildman–Crippen LogP) is 4.91. The molecule has 12 heteroatoms. The van der Waals surface area contributed by atoms with Crippen LogP contribution in [0.1, 0.15) is 29.9 Å². The number of halogens is 3. The normalized spacial score (nSPS) is 17.0. The fourth-order valence-electron chi connectivity index (χ4n) is 4.71. The van der Waals surface area contributed by atoms with E-state index in [1.807, 2.05) is 0 Å². The van der Waals surface area contributed by atoms with Crippen molar-refractivity contribution in [2.24, 2.45) is 5.92 Å². The minimum absolute atomic E-state index is 0.0637. The summed E-state index contributed by atoms with van der Waals surface area (Å²) < 4.78 is 66.4. The summed E-state index contributed by atoms with van der Waals surface area (Å²) in [4.78, 5) is 14.9. The van der Waals surface area contributed by atoms with Crippen molar-refractivity contribution < 1.29 is 31.3 Å². The van der Waals surface area contributed by atoms with Gasteiger partial charge < -0.3 is 14.2 Å². The monoisotopic (exact) mass is 563 g/mol. The molecule has 1 saturated heterocycles. The molecule has 3 aromatic rings. The third-order valence-electron chi connectivity index (χ3n) is 6.66. The predicted molar refractivity (Wildman–Crippen MR) is 137 cm³/mol. The number of anilines is 1. The molecular formula is C26H24ClF2N3O5S. The lowest BCUT2D eigenvalue weighted by Gasteiger charge is -2.35. The Kier molecular flexibility index (Phi) is 7.26. The summed E-state index contributed by atoms with van der Waals surface area (Å²) in [7, 11) is -4.02. The summed E-state index contributed by atoms with van der Waals surface area (Å²) in [5, 5.41) is 4.28. The second kappa shape index (κ2) is 10.5. The first-order valence-electron chi connectivity index (χ1n) is 12.0. The number of amides is 1. The molecule has 200 valence electrons. The van der Waals surface area contributed by atoms with Gasteiger partial charge in [-0.1, -0.05) is 16.8 Å². The third-order valence-corrected chi connectivity index (χ3v) is 8.95. The molecule has 2 aliphatic heterocycles. The molecule has 0 radical (unpaired) electrons. The molecule has 1 aromatic heterocycles. The Morgan fingerprint density at radius 1 is 1.11 bits per heavy atom. The molecular weight excluding hydrogens is 540 g/mol. The number of benzene rings is 2. The van der Waals surface area contributed by atoms with E-state index in [1.165, 1.54) is 29.4 Å². The summed E-state index contributed by atoms with van der Waals surface area (Å²) in [5.41, 5.74) is 0.830. The minimum Gasteiger partial charge on any atom is -0.490 e. The van der Waals surface area contributed by atoms with Crippen molar-refractivity contribution in [3.63, 3.8) is 0 Å². The first-order chi connectivity index (χ1) is 18.1. The van der Waals surface area contributed by atoms with Crippen LogP contribution in [0.4, 0.5) is 14.5 Å². The Morgan fingerprint density at radius 2 is 1.87 bits per heavy atom. The van der Waals surface area contributed by atoms with E-state index < -0.39 is 21.7 Å². The number of hydrogen-bond donors (Lipinski definition) is 0. The molecule has 3 heterocycles. The molecule has 0 saturated carbocycles. The number of rotatable bonds is 5. The lowest BCUT2D eigenvalue weighted by atomic mass is 9.96. The van der Waals surface area contributed by atoms with Crippen LogP contribution in [0.15, 0.2) is 45.8 Å². The lowest BCUT2D eigenvalue weighted by molar-refractivity contribution is -0.123. The lowest BCUT2D eigenvalue weighted by Crippen LogP contribution is -2.46. The Balaban J connectivity index is 1.31. The van der Waals surface area contributed by atoms with E-state index in [2.05, 4.69) is 5.16 Å². The van der Waals surface area contributed by atoms with Crippen molar-refractivity contribution in [2.75, 3.05) is 31.1 Å². The van der Waals surface area contributed by atoms with Gasteiger partial charge in [0.05, 0.1) is 12.2 Å². The van der Waals surface area contributed by atoms with Gasteiger partial charge in [0.2, 0.25) is 15.9 Å². The van der Waals surface area contributed by atoms with Crippen LogP contribution in [0.2, 0.25) is 5.02 Å². The van der Waals surface area contributed by atoms with Crippen LogP contribution >= 0.6 is 11.6 Å². The summed E-state index contributed by atoms with van der Waals surface area (Å²) in [6.45, 7) is 2.51. The molecule has 1 amide bonds. The highest BCUT2D eigenvalue weighted by Crippen LogP contribution is 2.36. The van der Waals surface area contributed by atoms with Gasteiger partial charge in [0.15, 0.2) is 10.7 Å². The van der Waals surface area contributed by atoms with Gasteiger partial charge in [-0.15, -0.1) is 0 Å². The highest BCUT2D eigenvalue weighted by atomic mass is 35.5. The van der Waals surface area contributed by atoms with Crippen molar-refractivity contribution in [3.8, 4) is 5.75 Å². The summed E-state index contributed by atoms with van der Waals surface area (Å²) in [5.74, 6) is -1.46. The Morgan fingerprint density at radius 3 is 2.61 bits per heavy atom. The summed E-state index contributed by atoms with van der Waals surface area (Å²) in [6.07, 6.45) is 3.26. The number of aryl methyl sites for hydroxylation is 1. The van der Waals surface area contributed by atoms with E-state index in [0.29, 0.717) is 42.5 Å². The van der Waals surface area contributed by atoms with Crippen LogP contribution in [0.25, 0.3) is 12.2 Å². The summed E-state index contributed by atoms with van der Waals surface area (Å²) >= 11 is 6.13. The van der Waals surface area contributed by atoms with Gasteiger partial charge in [-0.25, -0.2) is 17.2 Å². The molecule has 0 unspecified atom stereocenters. The van der Waals surface area contributed by atoms with Crippen molar-refractivity contribution in [1.29, 1.82) is 0 Å². The molecule has 0 atom stereocenters. The van der Waals surface area contributed by atoms with E-state index in [0.717, 1.165) is 12.1 Å². The zero-order valence-electron chi connectivity index (χ0n) is 20.4. The first-order valence-corrected chi connectivity index (χ1v) is 13.8. The second-order valence-electron chi connectivity index (χ2n) is 9.09. The number of ether oxygens (including phenoxy) is 1. The zero-order chi connectivity index (χ0) is 27.0. The Hall–Kier alpha value is -3.28. The van der Waals surface area contributed by atoms with Gasteiger partial charge in [0, 0.05) is 35.7 Å². The molecule has 0 bridgehead atoms. The number of nitrogens with zero attached hydrogens (tertiary/aromatic N) is 3. The quantitative estimate of drug-likeness (QED) is 0.438. The maximum Gasteiger partial charge on any atom is 0.248 e. The highest BCUT2D eigenvalue weighted by Gasteiger charge is 2.38. The molecule has 1 fully saturated rings. The Bertz CT molecular complexity index is 1520. The molecule has 5 rings (SSSR count). The molecule has 8 nitrogen and oxygen atoms in total. The number of sulfonamides is 1. The standard InChI is InChI=1S/C26H24ClF2N3O5S/c1-16-25(24(37-30-16)6-3-17-2-5-20(28)15-21(17)29)38(34,35)31-10-8-18(9-11-31)26(33)32-12-13-36-23-7-4-19(27)14-22(23)32/h2-7,14-15,18H,8-13H2,1H3/b6-3+. The van der Waals surface area contributed by atoms with Crippen LogP contribution in [-0.4, -0.2) is 50.0 Å². The minimum atomic E-state index is -4.02.